The highest BCUT2D eigenvalue weighted by molar-refractivity contribution is 4.89. The summed E-state index contributed by atoms with van der Waals surface area (Å²) >= 11 is 0. The Morgan fingerprint density at radius 2 is 2.36 bits per heavy atom. The van der Waals surface area contributed by atoms with Crippen LogP contribution in [0.2, 0.25) is 0 Å². The van der Waals surface area contributed by atoms with E-state index in [1.54, 1.807) is 6.07 Å². The van der Waals surface area contributed by atoms with Crippen LogP contribution in [0.1, 0.15) is 12.8 Å². The van der Waals surface area contributed by atoms with Gasteiger partial charge in [0.1, 0.15) is 0 Å². The average molecular weight is 160 g/mol. The molecular formula is C7H10F2N2. The van der Waals surface area contributed by atoms with Crippen LogP contribution in [0.5, 0.6) is 0 Å². The molecule has 0 aromatic rings. The SMILES string of the molecule is N#CCC1CNCCC1(F)F. The molecule has 0 aromatic heterocycles. The van der Waals surface area contributed by atoms with Gasteiger partial charge in [0.25, 0.3) is 5.92 Å². The Labute approximate surface area is 64.2 Å². The van der Waals surface area contributed by atoms with Gasteiger partial charge in [-0.3, -0.25) is 0 Å². The second kappa shape index (κ2) is 3.14. The van der Waals surface area contributed by atoms with E-state index in [1.807, 2.05) is 0 Å². The smallest absolute Gasteiger partial charge is 0.254 e. The average Bonchev–Trinajstić information content (AvgIpc) is 1.94. The standard InChI is InChI=1S/C7H10F2N2/c8-7(9)2-4-11-5-6(7)1-3-10/h6,11H,1-2,4-5H2. The molecule has 1 rings (SSSR count). The number of hydrogen-bond acceptors (Lipinski definition) is 2. The molecule has 1 fully saturated rings. The van der Waals surface area contributed by atoms with Crippen molar-refractivity contribution in [2.75, 3.05) is 13.1 Å². The number of nitrogens with zero attached hydrogens (tertiary/aromatic N) is 1. The topological polar surface area (TPSA) is 35.8 Å². The quantitative estimate of drug-likeness (QED) is 0.624. The van der Waals surface area contributed by atoms with E-state index in [-0.39, 0.29) is 19.4 Å². The van der Waals surface area contributed by atoms with Crippen LogP contribution in [-0.4, -0.2) is 19.0 Å². The fourth-order valence-corrected chi connectivity index (χ4v) is 1.22. The van der Waals surface area contributed by atoms with Gasteiger partial charge in [-0.2, -0.15) is 5.26 Å². The first-order valence-electron chi connectivity index (χ1n) is 3.62. The number of halogens is 2. The molecule has 0 aliphatic carbocycles. The van der Waals surface area contributed by atoms with E-state index in [0.717, 1.165) is 0 Å². The first-order chi connectivity index (χ1) is 5.17. The fourth-order valence-electron chi connectivity index (χ4n) is 1.22. The molecule has 1 aliphatic heterocycles. The monoisotopic (exact) mass is 160 g/mol. The lowest BCUT2D eigenvalue weighted by Crippen LogP contribution is -2.44. The summed E-state index contributed by atoms with van der Waals surface area (Å²) in [4.78, 5) is 0. The van der Waals surface area contributed by atoms with Crippen molar-refractivity contribution in [2.45, 2.75) is 18.8 Å². The number of nitrogens with one attached hydrogen (secondary N) is 1. The molecule has 0 saturated carbocycles. The molecule has 1 atom stereocenters. The largest absolute Gasteiger partial charge is 0.316 e. The van der Waals surface area contributed by atoms with E-state index in [1.165, 1.54) is 0 Å². The van der Waals surface area contributed by atoms with Gasteiger partial charge >= 0.3 is 0 Å². The van der Waals surface area contributed by atoms with Gasteiger partial charge in [-0.05, 0) is 0 Å². The first-order valence-corrected chi connectivity index (χ1v) is 3.62. The first kappa shape index (κ1) is 8.41. The maximum Gasteiger partial charge on any atom is 0.254 e. The van der Waals surface area contributed by atoms with Crippen molar-refractivity contribution in [1.82, 2.24) is 5.32 Å². The third kappa shape index (κ3) is 1.87. The summed E-state index contributed by atoms with van der Waals surface area (Å²) in [7, 11) is 0. The highest BCUT2D eigenvalue weighted by atomic mass is 19.3. The van der Waals surface area contributed by atoms with Crippen molar-refractivity contribution in [3.05, 3.63) is 0 Å². The number of piperidine rings is 1. The van der Waals surface area contributed by atoms with Gasteiger partial charge in [0.05, 0.1) is 6.07 Å². The van der Waals surface area contributed by atoms with E-state index in [2.05, 4.69) is 5.32 Å². The van der Waals surface area contributed by atoms with Gasteiger partial charge in [-0.1, -0.05) is 0 Å². The molecular weight excluding hydrogens is 150 g/mol. The number of alkyl halides is 2. The van der Waals surface area contributed by atoms with E-state index in [4.69, 9.17) is 5.26 Å². The summed E-state index contributed by atoms with van der Waals surface area (Å²) in [5.41, 5.74) is 0. The maximum atomic E-state index is 12.9. The molecule has 11 heavy (non-hydrogen) atoms. The molecule has 1 saturated heterocycles. The van der Waals surface area contributed by atoms with Crippen LogP contribution in [0.3, 0.4) is 0 Å². The van der Waals surface area contributed by atoms with Crippen LogP contribution in [0.4, 0.5) is 8.78 Å². The maximum absolute atomic E-state index is 12.9. The molecule has 62 valence electrons. The van der Waals surface area contributed by atoms with E-state index < -0.39 is 11.8 Å². The Bertz CT molecular complexity index is 174. The van der Waals surface area contributed by atoms with Crippen molar-refractivity contribution < 1.29 is 8.78 Å². The van der Waals surface area contributed by atoms with E-state index in [0.29, 0.717) is 6.54 Å². The minimum atomic E-state index is -2.64. The van der Waals surface area contributed by atoms with E-state index >= 15 is 0 Å². The molecule has 2 nitrogen and oxygen atoms in total. The van der Waals surface area contributed by atoms with Crippen molar-refractivity contribution in [3.8, 4) is 6.07 Å². The summed E-state index contributed by atoms with van der Waals surface area (Å²) in [6, 6.07) is 1.77. The lowest BCUT2D eigenvalue weighted by molar-refractivity contribution is -0.0761. The summed E-state index contributed by atoms with van der Waals surface area (Å²) in [5.74, 6) is -3.43. The van der Waals surface area contributed by atoms with Crippen LogP contribution in [0.25, 0.3) is 0 Å². The summed E-state index contributed by atoms with van der Waals surface area (Å²) in [6.45, 7) is 0.621. The second-order valence-corrected chi connectivity index (χ2v) is 2.77. The number of nitriles is 1. The highest BCUT2D eigenvalue weighted by Crippen LogP contribution is 2.32. The van der Waals surface area contributed by atoms with Gasteiger partial charge in [0.15, 0.2) is 0 Å². The van der Waals surface area contributed by atoms with Crippen LogP contribution in [-0.2, 0) is 0 Å². The Morgan fingerprint density at radius 1 is 1.64 bits per heavy atom. The van der Waals surface area contributed by atoms with E-state index in [9.17, 15) is 8.78 Å². The molecule has 0 spiro atoms. The number of hydrogen-bond donors (Lipinski definition) is 1. The van der Waals surface area contributed by atoms with Gasteiger partial charge < -0.3 is 5.32 Å². The molecule has 1 aliphatic rings. The summed E-state index contributed by atoms with van der Waals surface area (Å²) in [6.07, 6.45) is -0.195. The fraction of sp³-hybridized carbons (Fsp3) is 0.857. The summed E-state index contributed by atoms with van der Waals surface area (Å²) < 4.78 is 25.7. The predicted octanol–water partition coefficient (Wildman–Crippen LogP) is 1.14. The summed E-state index contributed by atoms with van der Waals surface area (Å²) in [5, 5.41) is 11.1. The zero-order valence-electron chi connectivity index (χ0n) is 6.11. The van der Waals surface area contributed by atoms with Crippen molar-refractivity contribution in [1.29, 1.82) is 5.26 Å². The Morgan fingerprint density at radius 3 is 2.91 bits per heavy atom. The van der Waals surface area contributed by atoms with Crippen LogP contribution in [0.15, 0.2) is 0 Å². The third-order valence-corrected chi connectivity index (χ3v) is 1.96. The third-order valence-electron chi connectivity index (χ3n) is 1.96. The lowest BCUT2D eigenvalue weighted by atomic mass is 9.92. The van der Waals surface area contributed by atoms with Crippen LogP contribution in [0, 0.1) is 17.2 Å². The van der Waals surface area contributed by atoms with Crippen LogP contribution < -0.4 is 5.32 Å². The molecule has 1 unspecified atom stereocenters. The normalized spacial score (nSPS) is 29.4. The van der Waals surface area contributed by atoms with Gasteiger partial charge in [0, 0.05) is 31.8 Å². The van der Waals surface area contributed by atoms with Gasteiger partial charge in [-0.25, -0.2) is 8.78 Å². The van der Waals surface area contributed by atoms with Gasteiger partial charge in [-0.15, -0.1) is 0 Å². The predicted molar refractivity (Wildman–Crippen MR) is 36.2 cm³/mol. The van der Waals surface area contributed by atoms with Crippen molar-refractivity contribution >= 4 is 0 Å². The lowest BCUT2D eigenvalue weighted by Gasteiger charge is -2.30. The molecule has 1 heterocycles. The molecule has 0 aromatic carbocycles. The Hall–Kier alpha value is -0.690. The molecule has 1 N–H and O–H groups in total. The Balaban J connectivity index is 2.54. The second-order valence-electron chi connectivity index (χ2n) is 2.77. The molecule has 4 heteroatoms. The minimum Gasteiger partial charge on any atom is -0.316 e. The zero-order valence-corrected chi connectivity index (χ0v) is 6.11. The molecule has 0 bridgehead atoms. The van der Waals surface area contributed by atoms with Crippen molar-refractivity contribution in [3.63, 3.8) is 0 Å². The van der Waals surface area contributed by atoms with Crippen molar-refractivity contribution in [2.24, 2.45) is 5.92 Å². The molecule has 0 radical (unpaired) electrons. The van der Waals surface area contributed by atoms with Gasteiger partial charge in [0.2, 0.25) is 0 Å². The molecule has 0 amide bonds. The number of rotatable bonds is 1. The Kier molecular flexibility index (Phi) is 2.40. The van der Waals surface area contributed by atoms with Crippen LogP contribution >= 0.6 is 0 Å². The zero-order chi connectivity index (χ0) is 8.32. The highest BCUT2D eigenvalue weighted by Gasteiger charge is 2.40. The minimum absolute atomic E-state index is 0.0556.